The van der Waals surface area contributed by atoms with Crippen molar-refractivity contribution in [1.82, 2.24) is 0 Å². The summed E-state index contributed by atoms with van der Waals surface area (Å²) in [6.45, 7) is 13.4. The van der Waals surface area contributed by atoms with Crippen LogP contribution in [0.25, 0.3) is 5.57 Å². The Morgan fingerprint density at radius 3 is 2.42 bits per heavy atom. The van der Waals surface area contributed by atoms with Gasteiger partial charge in [0.1, 0.15) is 45.9 Å². The molecule has 8 nitrogen and oxygen atoms in total. The van der Waals surface area contributed by atoms with Crippen LogP contribution in [0.1, 0.15) is 138 Å². The van der Waals surface area contributed by atoms with Gasteiger partial charge in [-0.25, -0.2) is 4.79 Å². The van der Waals surface area contributed by atoms with Crippen molar-refractivity contribution in [3.63, 3.8) is 0 Å². The molecule has 0 amide bonds. The van der Waals surface area contributed by atoms with E-state index in [1.807, 2.05) is 32.9 Å². The second-order valence-corrected chi connectivity index (χ2v) is 15.0. The third-order valence-electron chi connectivity index (χ3n) is 10.8. The minimum absolute atomic E-state index is 0.0103. The molecule has 0 saturated carbocycles. The molecule has 3 unspecified atom stereocenters. The van der Waals surface area contributed by atoms with Crippen LogP contribution >= 0.6 is 0 Å². The zero-order valence-electron chi connectivity index (χ0n) is 29.7. The quantitative estimate of drug-likeness (QED) is 0.0981. The van der Waals surface area contributed by atoms with E-state index in [4.69, 9.17) is 9.47 Å². The van der Waals surface area contributed by atoms with Gasteiger partial charge in [-0.15, -0.1) is 0 Å². The number of ether oxygens (including phenoxy) is 2. The van der Waals surface area contributed by atoms with E-state index >= 15 is 0 Å². The first-order valence-corrected chi connectivity index (χ1v) is 17.8. The molecule has 2 aliphatic carbocycles. The Morgan fingerprint density at radius 1 is 1.02 bits per heavy atom. The lowest BCUT2D eigenvalue weighted by Crippen LogP contribution is -2.50. The predicted octanol–water partition coefficient (Wildman–Crippen LogP) is 8.00. The molecule has 1 heterocycles. The highest BCUT2D eigenvalue weighted by Crippen LogP contribution is 2.54. The van der Waals surface area contributed by atoms with E-state index in [1.54, 1.807) is 26.0 Å². The number of benzene rings is 2. The van der Waals surface area contributed by atoms with E-state index in [2.05, 4.69) is 13.8 Å². The number of aliphatic hydroxyl groups excluding tert-OH is 2. The van der Waals surface area contributed by atoms with E-state index in [-0.39, 0.29) is 34.3 Å². The first kappa shape index (κ1) is 35.8. The summed E-state index contributed by atoms with van der Waals surface area (Å²) < 4.78 is 12.7. The van der Waals surface area contributed by atoms with Gasteiger partial charge in [-0.3, -0.25) is 0 Å². The molecule has 2 aromatic carbocycles. The number of carbonyl (C=O) groups excluding carboxylic acids is 1. The van der Waals surface area contributed by atoms with E-state index in [0.717, 1.165) is 55.2 Å². The van der Waals surface area contributed by atoms with Crippen LogP contribution in [0.3, 0.4) is 0 Å². The maximum Gasteiger partial charge on any atom is 0.342 e. The van der Waals surface area contributed by atoms with Crippen LogP contribution in [0, 0.1) is 5.92 Å². The molecule has 5 rings (SSSR count). The van der Waals surface area contributed by atoms with Gasteiger partial charge in [0.05, 0.1) is 11.7 Å². The topological polar surface area (TPSA) is 137 Å². The fourth-order valence-corrected chi connectivity index (χ4v) is 8.14. The Hall–Kier alpha value is -3.49. The number of rotatable bonds is 10. The van der Waals surface area contributed by atoms with Gasteiger partial charge in [-0.2, -0.15) is 0 Å². The zero-order valence-corrected chi connectivity index (χ0v) is 29.7. The zero-order chi connectivity index (χ0) is 35.1. The Morgan fingerprint density at radius 2 is 1.75 bits per heavy atom. The van der Waals surface area contributed by atoms with Crippen molar-refractivity contribution in [3.05, 3.63) is 63.2 Å². The predicted molar refractivity (Wildman–Crippen MR) is 187 cm³/mol. The first-order valence-electron chi connectivity index (χ1n) is 17.8. The monoisotopic (exact) mass is 662 g/mol. The van der Waals surface area contributed by atoms with Crippen molar-refractivity contribution in [1.29, 1.82) is 0 Å². The molecule has 0 radical (unpaired) electrons. The summed E-state index contributed by atoms with van der Waals surface area (Å²) in [6, 6.07) is 5.18. The summed E-state index contributed by atoms with van der Waals surface area (Å²) >= 11 is 0. The van der Waals surface area contributed by atoms with E-state index in [9.17, 15) is 30.3 Å². The maximum atomic E-state index is 14.4. The summed E-state index contributed by atoms with van der Waals surface area (Å²) in [5.74, 6) is -1.51. The van der Waals surface area contributed by atoms with Crippen molar-refractivity contribution in [2.24, 2.45) is 5.92 Å². The standard InChI is InChI=1S/C40H54O8/c1-8-10-11-13-25-21-30(43)33(27-18-22(3)14-15-26(27)23(4)41)36(44)32(25)38(46)48-40(7)17-16-28-34(37(40)45)35-29(42)19-24(12-9-2)20-31(35)47-39(28,5)6/h18-21,23,26-27,37,41-45H,8-17H2,1-7H3/t23?,26-,27+,37?,40?/m0/s1. The Balaban J connectivity index is 1.57. The van der Waals surface area contributed by atoms with Gasteiger partial charge in [0.25, 0.3) is 0 Å². The molecule has 5 N–H and O–H groups in total. The fraction of sp³-hybridized carbons (Fsp3) is 0.575. The average molecular weight is 663 g/mol. The molecule has 5 atom stereocenters. The van der Waals surface area contributed by atoms with Gasteiger partial charge in [0, 0.05) is 17.1 Å². The molecule has 1 aliphatic heterocycles. The number of aliphatic hydroxyl groups is 2. The minimum Gasteiger partial charge on any atom is -0.507 e. The molecule has 48 heavy (non-hydrogen) atoms. The smallest absolute Gasteiger partial charge is 0.342 e. The number of hydrogen-bond donors (Lipinski definition) is 5. The fourth-order valence-electron chi connectivity index (χ4n) is 8.14. The average Bonchev–Trinajstić information content (AvgIpc) is 2.98. The summed E-state index contributed by atoms with van der Waals surface area (Å²) in [6.07, 6.45) is 6.91. The van der Waals surface area contributed by atoms with E-state index in [0.29, 0.717) is 48.1 Å². The number of phenolic OH excluding ortho intramolecular Hbond substituents is 3. The van der Waals surface area contributed by atoms with Crippen LogP contribution in [-0.4, -0.2) is 54.9 Å². The van der Waals surface area contributed by atoms with Crippen molar-refractivity contribution >= 4 is 11.5 Å². The Bertz CT molecular complexity index is 1620. The van der Waals surface area contributed by atoms with Gasteiger partial charge in [0.15, 0.2) is 0 Å². The lowest BCUT2D eigenvalue weighted by molar-refractivity contribution is -0.0694. The normalized spacial score (nSPS) is 25.4. The van der Waals surface area contributed by atoms with Crippen molar-refractivity contribution in [2.45, 2.75) is 142 Å². The van der Waals surface area contributed by atoms with Crippen LogP contribution < -0.4 is 4.74 Å². The Kier molecular flexibility index (Phi) is 10.3. The van der Waals surface area contributed by atoms with Crippen molar-refractivity contribution < 1.29 is 39.8 Å². The number of fused-ring (bicyclic) bond motifs is 2. The summed E-state index contributed by atoms with van der Waals surface area (Å²) in [5.41, 5.74) is 2.28. The van der Waals surface area contributed by atoms with Gasteiger partial charge >= 0.3 is 5.97 Å². The molecule has 0 spiro atoms. The molecule has 0 saturated heterocycles. The second kappa shape index (κ2) is 13.8. The number of aryl methyl sites for hydroxylation is 2. The number of phenols is 3. The number of carbonyl (C=O) groups is 1. The first-order chi connectivity index (χ1) is 22.6. The summed E-state index contributed by atoms with van der Waals surface area (Å²) in [5, 5.41) is 57.2. The number of allylic oxidation sites excluding steroid dienone is 2. The second-order valence-electron chi connectivity index (χ2n) is 15.0. The van der Waals surface area contributed by atoms with E-state index < -0.39 is 35.3 Å². The number of hydrogen-bond acceptors (Lipinski definition) is 8. The lowest BCUT2D eigenvalue weighted by Gasteiger charge is -2.47. The third-order valence-corrected chi connectivity index (χ3v) is 10.8. The third kappa shape index (κ3) is 6.58. The van der Waals surface area contributed by atoms with Gasteiger partial charge in [-0.1, -0.05) is 44.8 Å². The van der Waals surface area contributed by atoms with Crippen molar-refractivity contribution in [2.75, 3.05) is 0 Å². The van der Waals surface area contributed by atoms with Gasteiger partial charge in [0.2, 0.25) is 0 Å². The molecule has 0 bridgehead atoms. The lowest BCUT2D eigenvalue weighted by atomic mass is 9.70. The van der Waals surface area contributed by atoms with Crippen LogP contribution in [0.5, 0.6) is 23.0 Å². The highest BCUT2D eigenvalue weighted by Gasteiger charge is 2.51. The van der Waals surface area contributed by atoms with Crippen LogP contribution in [0.2, 0.25) is 0 Å². The van der Waals surface area contributed by atoms with Crippen molar-refractivity contribution in [3.8, 4) is 23.0 Å². The maximum absolute atomic E-state index is 14.4. The summed E-state index contributed by atoms with van der Waals surface area (Å²) in [4.78, 5) is 14.4. The number of esters is 1. The van der Waals surface area contributed by atoms with Crippen LogP contribution in [-0.2, 0) is 17.6 Å². The molecule has 262 valence electrons. The molecule has 2 aromatic rings. The molecule has 0 fully saturated rings. The highest BCUT2D eigenvalue weighted by atomic mass is 16.6. The van der Waals surface area contributed by atoms with Gasteiger partial charge in [-0.05, 0) is 120 Å². The molecular formula is C40H54O8. The molecule has 3 aliphatic rings. The Labute approximate surface area is 285 Å². The molecule has 0 aromatic heterocycles. The van der Waals surface area contributed by atoms with Crippen LogP contribution in [0.4, 0.5) is 0 Å². The van der Waals surface area contributed by atoms with E-state index in [1.165, 1.54) is 0 Å². The molecular weight excluding hydrogens is 608 g/mol. The highest BCUT2D eigenvalue weighted by molar-refractivity contribution is 5.96. The summed E-state index contributed by atoms with van der Waals surface area (Å²) in [7, 11) is 0. The largest absolute Gasteiger partial charge is 0.507 e. The minimum atomic E-state index is -1.40. The number of aromatic hydroxyl groups is 3. The van der Waals surface area contributed by atoms with Crippen LogP contribution in [0.15, 0.2) is 35.4 Å². The molecule has 8 heteroatoms. The SMILES string of the molecule is CCCCCc1cc(O)c([C@@H]2C=C(C)CC[C@H]2C(C)O)c(O)c1C(=O)OC1(C)CCC2=C(c3c(O)cc(CCC)cc3OC2(C)C)C1O. The van der Waals surface area contributed by atoms with Gasteiger partial charge < -0.3 is 35.0 Å². The number of unbranched alkanes of at least 4 members (excludes halogenated alkanes) is 2.